The smallest absolute Gasteiger partial charge is 0.238 e. The predicted molar refractivity (Wildman–Crippen MR) is 55.6 cm³/mol. The number of H-pyrrole nitrogens is 1. The van der Waals surface area contributed by atoms with Crippen molar-refractivity contribution in [2.75, 3.05) is 19.6 Å². The molecule has 1 fully saturated rings. The number of aromatic amines is 1. The summed E-state index contributed by atoms with van der Waals surface area (Å²) < 4.78 is 2.47. The van der Waals surface area contributed by atoms with Gasteiger partial charge in [-0.2, -0.15) is 5.21 Å². The van der Waals surface area contributed by atoms with Crippen LogP contribution in [0.3, 0.4) is 0 Å². The van der Waals surface area contributed by atoms with Crippen LogP contribution in [0.15, 0.2) is 0 Å². The molecule has 0 unspecified atom stereocenters. The lowest BCUT2D eigenvalue weighted by molar-refractivity contribution is 0.185. The Morgan fingerprint density at radius 1 is 1.50 bits per heavy atom. The summed E-state index contributed by atoms with van der Waals surface area (Å²) in [5.74, 6) is 0. The van der Waals surface area contributed by atoms with E-state index in [0.717, 1.165) is 32.5 Å². The average Bonchev–Trinajstić information content (AvgIpc) is 2.65. The van der Waals surface area contributed by atoms with Gasteiger partial charge in [-0.05, 0) is 31.6 Å². The second-order valence-corrected chi connectivity index (χ2v) is 3.98. The lowest BCUT2D eigenvalue weighted by Crippen LogP contribution is -2.34. The SMILES string of the molecule is CCN1CCC(n2[nH]nnc2=S)CC1. The maximum absolute atomic E-state index is 5.07. The van der Waals surface area contributed by atoms with Crippen molar-refractivity contribution >= 4 is 12.2 Å². The molecule has 1 aromatic rings. The second-order valence-electron chi connectivity index (χ2n) is 3.62. The Bertz CT molecular complexity index is 336. The van der Waals surface area contributed by atoms with Gasteiger partial charge in [-0.25, -0.2) is 4.68 Å². The number of rotatable bonds is 2. The number of piperidine rings is 1. The molecule has 78 valence electrons. The molecule has 0 aromatic carbocycles. The highest BCUT2D eigenvalue weighted by atomic mass is 32.1. The van der Waals surface area contributed by atoms with Crippen LogP contribution in [0.1, 0.15) is 25.8 Å². The van der Waals surface area contributed by atoms with Gasteiger partial charge in [0.15, 0.2) is 0 Å². The summed E-state index contributed by atoms with van der Waals surface area (Å²) in [6, 6.07) is 0.459. The van der Waals surface area contributed by atoms with Crippen molar-refractivity contribution in [2.24, 2.45) is 0 Å². The fraction of sp³-hybridized carbons (Fsp3) is 0.875. The lowest BCUT2D eigenvalue weighted by atomic mass is 10.1. The fourth-order valence-electron chi connectivity index (χ4n) is 1.94. The normalized spacial score (nSPS) is 20.1. The first-order valence-electron chi connectivity index (χ1n) is 5.03. The molecule has 1 aromatic heterocycles. The molecule has 2 rings (SSSR count). The second kappa shape index (κ2) is 4.18. The Morgan fingerprint density at radius 2 is 2.21 bits per heavy atom. The van der Waals surface area contributed by atoms with Crippen LogP contribution in [0.25, 0.3) is 0 Å². The van der Waals surface area contributed by atoms with Crippen LogP contribution in [0.5, 0.6) is 0 Å². The third kappa shape index (κ3) is 1.85. The monoisotopic (exact) mass is 213 g/mol. The van der Waals surface area contributed by atoms with Crippen LogP contribution in [0.4, 0.5) is 0 Å². The highest BCUT2D eigenvalue weighted by Crippen LogP contribution is 2.20. The van der Waals surface area contributed by atoms with E-state index < -0.39 is 0 Å². The molecule has 1 saturated heterocycles. The molecule has 1 aliphatic rings. The molecule has 5 nitrogen and oxygen atoms in total. The number of likely N-dealkylation sites (tertiary alicyclic amines) is 1. The van der Waals surface area contributed by atoms with Crippen molar-refractivity contribution in [1.29, 1.82) is 0 Å². The Kier molecular flexibility index (Phi) is 2.93. The Hall–Kier alpha value is -0.750. The van der Waals surface area contributed by atoms with E-state index in [4.69, 9.17) is 12.2 Å². The summed E-state index contributed by atoms with van der Waals surface area (Å²) in [7, 11) is 0. The minimum atomic E-state index is 0.459. The van der Waals surface area contributed by atoms with Crippen LogP contribution in [0.2, 0.25) is 0 Å². The molecule has 1 aliphatic heterocycles. The Balaban J connectivity index is 2.02. The number of aromatic nitrogens is 4. The van der Waals surface area contributed by atoms with Gasteiger partial charge in [0.05, 0.1) is 6.04 Å². The van der Waals surface area contributed by atoms with Gasteiger partial charge in [0, 0.05) is 13.1 Å². The molecule has 14 heavy (non-hydrogen) atoms. The van der Waals surface area contributed by atoms with Gasteiger partial charge in [0.1, 0.15) is 0 Å². The van der Waals surface area contributed by atoms with E-state index in [2.05, 4.69) is 27.3 Å². The van der Waals surface area contributed by atoms with E-state index in [9.17, 15) is 0 Å². The fourth-order valence-corrected chi connectivity index (χ4v) is 2.17. The summed E-state index contributed by atoms with van der Waals surface area (Å²) in [4.78, 5) is 2.45. The van der Waals surface area contributed by atoms with Gasteiger partial charge >= 0.3 is 0 Å². The molecule has 0 saturated carbocycles. The highest BCUT2D eigenvalue weighted by molar-refractivity contribution is 7.71. The summed E-state index contributed by atoms with van der Waals surface area (Å²) >= 11 is 5.07. The average molecular weight is 213 g/mol. The van der Waals surface area contributed by atoms with Crippen LogP contribution >= 0.6 is 12.2 Å². The molecular formula is C8H15N5S. The number of tetrazole rings is 1. The maximum Gasteiger partial charge on any atom is 0.238 e. The van der Waals surface area contributed by atoms with Crippen molar-refractivity contribution in [3.63, 3.8) is 0 Å². The van der Waals surface area contributed by atoms with Crippen molar-refractivity contribution in [1.82, 2.24) is 25.1 Å². The van der Waals surface area contributed by atoms with Gasteiger partial charge in [0.25, 0.3) is 0 Å². The van der Waals surface area contributed by atoms with Gasteiger partial charge in [-0.1, -0.05) is 17.2 Å². The largest absolute Gasteiger partial charge is 0.303 e. The predicted octanol–water partition coefficient (Wildman–Crippen LogP) is 0.992. The van der Waals surface area contributed by atoms with E-state index in [1.807, 2.05) is 4.68 Å². The number of nitrogens with one attached hydrogen (secondary N) is 1. The van der Waals surface area contributed by atoms with E-state index in [1.54, 1.807) is 0 Å². The van der Waals surface area contributed by atoms with E-state index in [1.165, 1.54) is 0 Å². The zero-order chi connectivity index (χ0) is 9.97. The minimum Gasteiger partial charge on any atom is -0.303 e. The molecule has 6 heteroatoms. The number of hydrogen-bond acceptors (Lipinski definition) is 4. The standard InChI is InChI=1S/C8H15N5S/c1-2-12-5-3-7(4-6-12)13-8(14)9-10-11-13/h7H,2-6H2,1H3,(H,9,11,14). The van der Waals surface area contributed by atoms with Crippen molar-refractivity contribution < 1.29 is 0 Å². The summed E-state index contributed by atoms with van der Waals surface area (Å²) in [5, 5.41) is 10.3. The van der Waals surface area contributed by atoms with E-state index in [0.29, 0.717) is 10.8 Å². The summed E-state index contributed by atoms with van der Waals surface area (Å²) in [6.07, 6.45) is 2.26. The summed E-state index contributed by atoms with van der Waals surface area (Å²) in [6.45, 7) is 5.62. The zero-order valence-corrected chi connectivity index (χ0v) is 9.13. The molecule has 1 N–H and O–H groups in total. The summed E-state index contributed by atoms with van der Waals surface area (Å²) in [5.41, 5.74) is 0. The zero-order valence-electron chi connectivity index (χ0n) is 8.31. The molecular weight excluding hydrogens is 198 g/mol. The molecule has 0 spiro atoms. The van der Waals surface area contributed by atoms with Crippen molar-refractivity contribution in [2.45, 2.75) is 25.8 Å². The first-order valence-corrected chi connectivity index (χ1v) is 5.44. The van der Waals surface area contributed by atoms with Crippen LogP contribution in [-0.4, -0.2) is 44.7 Å². The minimum absolute atomic E-state index is 0.459. The third-order valence-corrected chi connectivity index (χ3v) is 3.14. The van der Waals surface area contributed by atoms with E-state index in [-0.39, 0.29) is 0 Å². The Morgan fingerprint density at radius 3 is 2.71 bits per heavy atom. The maximum atomic E-state index is 5.07. The first-order chi connectivity index (χ1) is 6.81. The third-order valence-electron chi connectivity index (χ3n) is 2.86. The number of nitrogens with zero attached hydrogens (tertiary/aromatic N) is 4. The van der Waals surface area contributed by atoms with E-state index >= 15 is 0 Å². The van der Waals surface area contributed by atoms with Crippen LogP contribution < -0.4 is 0 Å². The van der Waals surface area contributed by atoms with Crippen molar-refractivity contribution in [3.05, 3.63) is 4.77 Å². The van der Waals surface area contributed by atoms with Crippen LogP contribution in [-0.2, 0) is 0 Å². The van der Waals surface area contributed by atoms with Gasteiger partial charge < -0.3 is 4.90 Å². The highest BCUT2D eigenvalue weighted by Gasteiger charge is 2.20. The topological polar surface area (TPSA) is 49.7 Å². The molecule has 0 atom stereocenters. The quantitative estimate of drug-likeness (QED) is 0.744. The molecule has 0 amide bonds. The van der Waals surface area contributed by atoms with Gasteiger partial charge in [0.2, 0.25) is 4.77 Å². The lowest BCUT2D eigenvalue weighted by Gasteiger charge is -2.30. The van der Waals surface area contributed by atoms with Gasteiger partial charge in [-0.15, -0.1) is 0 Å². The van der Waals surface area contributed by atoms with Crippen LogP contribution in [0, 0.1) is 4.77 Å². The molecule has 2 heterocycles. The molecule has 0 aliphatic carbocycles. The molecule has 0 radical (unpaired) electrons. The first kappa shape index (κ1) is 9.79. The van der Waals surface area contributed by atoms with Gasteiger partial charge in [-0.3, -0.25) is 0 Å². The Labute approximate surface area is 88.1 Å². The molecule has 0 bridgehead atoms. The van der Waals surface area contributed by atoms with Crippen molar-refractivity contribution in [3.8, 4) is 0 Å². The number of hydrogen-bond donors (Lipinski definition) is 1.